The van der Waals surface area contributed by atoms with Crippen LogP contribution in [-0.4, -0.2) is 34.6 Å². The van der Waals surface area contributed by atoms with Crippen LogP contribution < -0.4 is 0 Å². The molecular weight excluding hydrogens is 190 g/mol. The van der Waals surface area contributed by atoms with Crippen LogP contribution in [0, 0.1) is 5.92 Å². The van der Waals surface area contributed by atoms with Gasteiger partial charge in [-0.15, -0.1) is 0 Å². The molecule has 0 amide bonds. The molecule has 2 atom stereocenters. The van der Waals surface area contributed by atoms with Crippen molar-refractivity contribution in [2.45, 2.75) is 57.5 Å². The first-order valence-corrected chi connectivity index (χ1v) is 6.21. The molecule has 1 N–H and O–H groups in total. The molecule has 0 aromatic carbocycles. The van der Waals surface area contributed by atoms with Crippen LogP contribution in [0.2, 0.25) is 0 Å². The summed E-state index contributed by atoms with van der Waals surface area (Å²) in [5.41, 5.74) is 0. The van der Waals surface area contributed by atoms with Gasteiger partial charge in [0.05, 0.1) is 5.92 Å². The summed E-state index contributed by atoms with van der Waals surface area (Å²) in [4.78, 5) is 13.6. The van der Waals surface area contributed by atoms with E-state index in [-0.39, 0.29) is 5.92 Å². The minimum Gasteiger partial charge on any atom is -0.481 e. The zero-order valence-corrected chi connectivity index (χ0v) is 9.48. The average Bonchev–Trinajstić information content (AvgIpc) is 2.17. The minimum atomic E-state index is -0.581. The third-order valence-corrected chi connectivity index (χ3v) is 3.96. The second-order valence-electron chi connectivity index (χ2n) is 4.98. The van der Waals surface area contributed by atoms with Gasteiger partial charge < -0.3 is 5.11 Å². The molecule has 2 aliphatic rings. The van der Waals surface area contributed by atoms with E-state index in [1.165, 1.54) is 25.7 Å². The van der Waals surface area contributed by atoms with Gasteiger partial charge in [-0.3, -0.25) is 9.69 Å². The number of hydrogen-bond acceptors (Lipinski definition) is 2. The predicted octanol–water partition coefficient (Wildman–Crippen LogP) is 2.11. The van der Waals surface area contributed by atoms with E-state index >= 15 is 0 Å². The van der Waals surface area contributed by atoms with Crippen molar-refractivity contribution in [2.75, 3.05) is 6.54 Å². The highest BCUT2D eigenvalue weighted by molar-refractivity contribution is 5.70. The topological polar surface area (TPSA) is 40.5 Å². The summed E-state index contributed by atoms with van der Waals surface area (Å²) in [6.45, 7) is 3.36. The number of fused-ring (bicyclic) bond motifs is 2. The fourth-order valence-corrected chi connectivity index (χ4v) is 3.30. The summed E-state index contributed by atoms with van der Waals surface area (Å²) < 4.78 is 0. The molecule has 2 rings (SSSR count). The average molecular weight is 211 g/mol. The lowest BCUT2D eigenvalue weighted by Crippen LogP contribution is -2.53. The van der Waals surface area contributed by atoms with E-state index < -0.39 is 5.97 Å². The van der Waals surface area contributed by atoms with Gasteiger partial charge in [0, 0.05) is 12.1 Å². The van der Waals surface area contributed by atoms with Gasteiger partial charge in [0.25, 0.3) is 0 Å². The fraction of sp³-hybridized carbons (Fsp3) is 0.917. The van der Waals surface area contributed by atoms with E-state index in [2.05, 4.69) is 11.8 Å². The minimum absolute atomic E-state index is 0.0755. The third kappa shape index (κ3) is 2.17. The standard InChI is InChI=1S/C12H21NO2/c1-2-6-13-10-4-3-5-11(13)8-9(7-10)12(14)15/h9-11H,2-8H2,1H3,(H,14,15)/t10-,11-/m0/s1. The van der Waals surface area contributed by atoms with Crippen molar-refractivity contribution in [3.05, 3.63) is 0 Å². The number of aliphatic carboxylic acids is 1. The van der Waals surface area contributed by atoms with E-state index in [9.17, 15) is 4.79 Å². The van der Waals surface area contributed by atoms with Crippen molar-refractivity contribution >= 4 is 5.97 Å². The van der Waals surface area contributed by atoms with Crippen molar-refractivity contribution in [3.8, 4) is 0 Å². The van der Waals surface area contributed by atoms with Crippen LogP contribution >= 0.6 is 0 Å². The van der Waals surface area contributed by atoms with Gasteiger partial charge in [0.15, 0.2) is 0 Å². The van der Waals surface area contributed by atoms with E-state index in [0.717, 1.165) is 19.4 Å². The Bertz CT molecular complexity index is 228. The van der Waals surface area contributed by atoms with Crippen LogP contribution in [0.25, 0.3) is 0 Å². The molecule has 2 saturated heterocycles. The summed E-state index contributed by atoms with van der Waals surface area (Å²) in [7, 11) is 0. The highest BCUT2D eigenvalue weighted by atomic mass is 16.4. The summed E-state index contributed by atoms with van der Waals surface area (Å²) in [5, 5.41) is 9.09. The smallest absolute Gasteiger partial charge is 0.306 e. The zero-order chi connectivity index (χ0) is 10.8. The van der Waals surface area contributed by atoms with Crippen molar-refractivity contribution in [1.82, 2.24) is 4.90 Å². The van der Waals surface area contributed by atoms with Crippen LogP contribution in [0.4, 0.5) is 0 Å². The number of piperidine rings is 2. The highest BCUT2D eigenvalue weighted by Crippen LogP contribution is 2.36. The van der Waals surface area contributed by atoms with Crippen molar-refractivity contribution < 1.29 is 9.90 Å². The van der Waals surface area contributed by atoms with Crippen molar-refractivity contribution in [1.29, 1.82) is 0 Å². The second kappa shape index (κ2) is 4.52. The lowest BCUT2D eigenvalue weighted by Gasteiger charge is -2.48. The Morgan fingerprint density at radius 1 is 1.33 bits per heavy atom. The Morgan fingerprint density at radius 3 is 2.40 bits per heavy atom. The molecule has 2 aliphatic heterocycles. The Morgan fingerprint density at radius 2 is 1.93 bits per heavy atom. The predicted molar refractivity (Wildman–Crippen MR) is 58.8 cm³/mol. The zero-order valence-electron chi connectivity index (χ0n) is 9.48. The molecule has 86 valence electrons. The molecule has 0 aliphatic carbocycles. The van der Waals surface area contributed by atoms with Crippen molar-refractivity contribution in [3.63, 3.8) is 0 Å². The normalized spacial score (nSPS) is 36.5. The van der Waals surface area contributed by atoms with Gasteiger partial charge in [-0.05, 0) is 38.6 Å². The van der Waals surface area contributed by atoms with E-state index in [1.54, 1.807) is 0 Å². The monoisotopic (exact) mass is 211 g/mol. The Kier molecular flexibility index (Phi) is 3.29. The van der Waals surface area contributed by atoms with Crippen LogP contribution in [0.5, 0.6) is 0 Å². The second-order valence-corrected chi connectivity index (χ2v) is 4.98. The van der Waals surface area contributed by atoms with Gasteiger partial charge in [0.2, 0.25) is 0 Å². The molecule has 2 fully saturated rings. The number of carboxylic acids is 1. The SMILES string of the molecule is CCCN1[C@H]2CCC[C@H]1CC(C(=O)O)C2. The van der Waals surface area contributed by atoms with E-state index in [4.69, 9.17) is 5.11 Å². The van der Waals surface area contributed by atoms with Gasteiger partial charge in [-0.1, -0.05) is 13.3 Å². The van der Waals surface area contributed by atoms with Gasteiger partial charge in [0.1, 0.15) is 0 Å². The fourth-order valence-electron chi connectivity index (χ4n) is 3.30. The number of rotatable bonds is 3. The van der Waals surface area contributed by atoms with Gasteiger partial charge in [-0.25, -0.2) is 0 Å². The van der Waals surface area contributed by atoms with Crippen LogP contribution in [0.15, 0.2) is 0 Å². The lowest BCUT2D eigenvalue weighted by atomic mass is 9.78. The molecule has 0 unspecified atom stereocenters. The summed E-state index contributed by atoms with van der Waals surface area (Å²) >= 11 is 0. The Labute approximate surface area is 91.5 Å². The maximum absolute atomic E-state index is 11.0. The molecular formula is C12H21NO2. The first kappa shape index (κ1) is 10.9. The molecule has 2 bridgehead atoms. The van der Waals surface area contributed by atoms with E-state index in [0.29, 0.717) is 12.1 Å². The van der Waals surface area contributed by atoms with E-state index in [1.807, 2.05) is 0 Å². The molecule has 0 radical (unpaired) electrons. The molecule has 3 heteroatoms. The maximum Gasteiger partial charge on any atom is 0.306 e. The number of nitrogens with zero attached hydrogens (tertiary/aromatic N) is 1. The molecule has 0 saturated carbocycles. The Balaban J connectivity index is 2.04. The summed E-state index contributed by atoms with van der Waals surface area (Å²) in [5.74, 6) is -0.656. The summed E-state index contributed by atoms with van der Waals surface area (Å²) in [6, 6.07) is 1.11. The molecule has 0 aromatic heterocycles. The molecule has 0 spiro atoms. The first-order valence-electron chi connectivity index (χ1n) is 6.21. The number of carboxylic acid groups (broad SMARTS) is 1. The van der Waals surface area contributed by atoms with Crippen LogP contribution in [0.1, 0.15) is 45.4 Å². The molecule has 2 heterocycles. The largest absolute Gasteiger partial charge is 0.481 e. The third-order valence-electron chi connectivity index (χ3n) is 3.96. The van der Waals surface area contributed by atoms with Crippen LogP contribution in [-0.2, 0) is 4.79 Å². The first-order chi connectivity index (χ1) is 7.22. The molecule has 3 nitrogen and oxygen atoms in total. The molecule has 0 aromatic rings. The summed E-state index contributed by atoms with van der Waals surface area (Å²) in [6.07, 6.45) is 6.66. The van der Waals surface area contributed by atoms with Gasteiger partial charge >= 0.3 is 5.97 Å². The Hall–Kier alpha value is -0.570. The number of hydrogen-bond donors (Lipinski definition) is 1. The quantitative estimate of drug-likeness (QED) is 0.777. The number of carbonyl (C=O) groups is 1. The highest BCUT2D eigenvalue weighted by Gasteiger charge is 2.39. The lowest BCUT2D eigenvalue weighted by molar-refractivity contribution is -0.146. The molecule has 15 heavy (non-hydrogen) atoms. The van der Waals surface area contributed by atoms with Gasteiger partial charge in [-0.2, -0.15) is 0 Å². The maximum atomic E-state index is 11.0. The van der Waals surface area contributed by atoms with Crippen molar-refractivity contribution in [2.24, 2.45) is 5.92 Å². The van der Waals surface area contributed by atoms with Crippen LogP contribution in [0.3, 0.4) is 0 Å².